The van der Waals surface area contributed by atoms with Crippen LogP contribution < -0.4 is 10.5 Å². The zero-order valence-corrected chi connectivity index (χ0v) is 12.5. The Hall–Kier alpha value is -2.27. The number of benzene rings is 1. The monoisotopic (exact) mass is 296 g/mol. The van der Waals surface area contributed by atoms with Gasteiger partial charge >= 0.3 is 0 Å². The van der Waals surface area contributed by atoms with Crippen LogP contribution in [0.1, 0.15) is 18.9 Å². The summed E-state index contributed by atoms with van der Waals surface area (Å²) in [6.45, 7) is 2.07. The number of anilines is 1. The lowest BCUT2D eigenvalue weighted by Crippen LogP contribution is -2.10. The van der Waals surface area contributed by atoms with E-state index in [9.17, 15) is 0 Å². The van der Waals surface area contributed by atoms with Crippen molar-refractivity contribution in [2.75, 3.05) is 4.72 Å². The first-order valence-electron chi connectivity index (χ1n) is 6.68. The molecule has 1 aliphatic rings. The van der Waals surface area contributed by atoms with E-state index in [0.29, 0.717) is 5.84 Å². The Bertz CT molecular complexity index is 707. The summed E-state index contributed by atoms with van der Waals surface area (Å²) in [5, 5.41) is 0. The molecule has 3 rings (SSSR count). The summed E-state index contributed by atoms with van der Waals surface area (Å²) in [5.41, 5.74) is 10.2. The lowest BCUT2D eigenvalue weighted by molar-refractivity contribution is 1.25. The molecule has 21 heavy (non-hydrogen) atoms. The molecule has 0 atom stereocenters. The summed E-state index contributed by atoms with van der Waals surface area (Å²) in [6, 6.07) is 10.1. The zero-order chi connectivity index (χ0) is 14.7. The van der Waals surface area contributed by atoms with Crippen molar-refractivity contribution >= 4 is 35.2 Å². The summed E-state index contributed by atoms with van der Waals surface area (Å²) >= 11 is 1.53. The minimum Gasteiger partial charge on any atom is -0.387 e. The van der Waals surface area contributed by atoms with Gasteiger partial charge in [0.25, 0.3) is 0 Å². The molecule has 3 N–H and O–H groups in total. The Morgan fingerprint density at radius 2 is 2.19 bits per heavy atom. The first-order valence-corrected chi connectivity index (χ1v) is 7.49. The maximum Gasteiger partial charge on any atom is 0.104 e. The number of pyridine rings is 1. The summed E-state index contributed by atoms with van der Waals surface area (Å²) < 4.78 is 3.26. The summed E-state index contributed by atoms with van der Waals surface area (Å²) in [5.74, 6) is 0.657. The van der Waals surface area contributed by atoms with Crippen molar-refractivity contribution in [1.82, 2.24) is 4.98 Å². The molecule has 2 aromatic rings. The number of nitrogens with one attached hydrogen (secondary N) is 1. The second kappa shape index (κ2) is 6.01. The molecule has 1 aromatic carbocycles. The SMILES string of the molecule is CC1=Cc2ccc(SNc3cccnc3)cc2N=C(N)C1. The molecular formula is C16H16N4S. The molecule has 0 amide bonds. The smallest absolute Gasteiger partial charge is 0.104 e. The van der Waals surface area contributed by atoms with Crippen molar-refractivity contribution < 1.29 is 0 Å². The molecule has 0 radical (unpaired) electrons. The lowest BCUT2D eigenvalue weighted by Gasteiger charge is -2.07. The van der Waals surface area contributed by atoms with Gasteiger partial charge in [-0.2, -0.15) is 0 Å². The van der Waals surface area contributed by atoms with Gasteiger partial charge in [-0.15, -0.1) is 0 Å². The van der Waals surface area contributed by atoms with Gasteiger partial charge in [0.2, 0.25) is 0 Å². The van der Waals surface area contributed by atoms with Crippen molar-refractivity contribution in [1.29, 1.82) is 0 Å². The van der Waals surface area contributed by atoms with Crippen LogP contribution in [0.3, 0.4) is 0 Å². The largest absolute Gasteiger partial charge is 0.387 e. The number of nitrogens with zero attached hydrogens (tertiary/aromatic N) is 2. The van der Waals surface area contributed by atoms with Crippen molar-refractivity contribution in [3.63, 3.8) is 0 Å². The number of fused-ring (bicyclic) bond motifs is 1. The molecule has 0 bridgehead atoms. The molecule has 0 saturated carbocycles. The summed E-state index contributed by atoms with van der Waals surface area (Å²) in [6.07, 6.45) is 6.41. The third-order valence-corrected chi connectivity index (χ3v) is 3.90. The van der Waals surface area contributed by atoms with Crippen LogP contribution in [0.25, 0.3) is 6.08 Å². The first-order chi connectivity index (χ1) is 10.2. The normalized spacial score (nSPS) is 13.8. The quantitative estimate of drug-likeness (QED) is 0.840. The second-order valence-electron chi connectivity index (χ2n) is 4.94. The van der Waals surface area contributed by atoms with Crippen LogP contribution in [0.2, 0.25) is 0 Å². The van der Waals surface area contributed by atoms with Gasteiger partial charge < -0.3 is 10.5 Å². The molecule has 1 aromatic heterocycles. The minimum atomic E-state index is 0.657. The molecule has 1 aliphatic heterocycles. The third-order valence-electron chi connectivity index (χ3n) is 3.08. The van der Waals surface area contributed by atoms with Gasteiger partial charge in [0, 0.05) is 23.1 Å². The van der Waals surface area contributed by atoms with E-state index >= 15 is 0 Å². The van der Waals surface area contributed by atoms with Crippen molar-refractivity contribution in [2.24, 2.45) is 10.7 Å². The van der Waals surface area contributed by atoms with Gasteiger partial charge in [-0.3, -0.25) is 4.98 Å². The molecule has 5 heteroatoms. The van der Waals surface area contributed by atoms with Gasteiger partial charge in [0.1, 0.15) is 5.84 Å². The van der Waals surface area contributed by atoms with E-state index in [2.05, 4.69) is 39.8 Å². The fraction of sp³-hybridized carbons (Fsp3) is 0.125. The van der Waals surface area contributed by atoms with Gasteiger partial charge in [-0.25, -0.2) is 4.99 Å². The van der Waals surface area contributed by atoms with Crippen molar-refractivity contribution in [2.45, 2.75) is 18.2 Å². The topological polar surface area (TPSA) is 63.3 Å². The number of aliphatic imine (C=N–C) groups is 1. The Labute approximate surface area is 128 Å². The highest BCUT2D eigenvalue weighted by Crippen LogP contribution is 2.31. The predicted molar refractivity (Wildman–Crippen MR) is 89.7 cm³/mol. The Balaban J connectivity index is 1.82. The third kappa shape index (κ3) is 3.44. The van der Waals surface area contributed by atoms with Crippen LogP contribution >= 0.6 is 11.9 Å². The van der Waals surface area contributed by atoms with Crippen LogP contribution in [-0.2, 0) is 0 Å². The molecule has 2 heterocycles. The van der Waals surface area contributed by atoms with Gasteiger partial charge in [0.05, 0.1) is 17.6 Å². The summed E-state index contributed by atoms with van der Waals surface area (Å²) in [7, 11) is 0. The zero-order valence-electron chi connectivity index (χ0n) is 11.7. The standard InChI is InChI=1S/C16H16N4S/c1-11-7-12-4-5-14(9-15(12)19-16(17)8-11)21-20-13-3-2-6-18-10-13/h2-7,9-10,20H,8H2,1H3,(H2,17,19). The van der Waals surface area contributed by atoms with Crippen LogP contribution in [0.4, 0.5) is 11.4 Å². The Kier molecular flexibility index (Phi) is 3.92. The van der Waals surface area contributed by atoms with E-state index in [0.717, 1.165) is 28.3 Å². The van der Waals surface area contributed by atoms with Crippen LogP contribution in [0.5, 0.6) is 0 Å². The first kappa shape index (κ1) is 13.7. The van der Waals surface area contributed by atoms with E-state index < -0.39 is 0 Å². The average Bonchev–Trinajstić information content (AvgIpc) is 2.62. The van der Waals surface area contributed by atoms with E-state index in [-0.39, 0.29) is 0 Å². The molecule has 0 spiro atoms. The number of nitrogens with two attached hydrogens (primary N) is 1. The Morgan fingerprint density at radius 3 is 3.00 bits per heavy atom. The highest BCUT2D eigenvalue weighted by molar-refractivity contribution is 8.00. The maximum absolute atomic E-state index is 5.93. The van der Waals surface area contributed by atoms with Crippen LogP contribution in [0.15, 0.2) is 58.2 Å². The maximum atomic E-state index is 5.93. The molecule has 4 nitrogen and oxygen atoms in total. The second-order valence-corrected chi connectivity index (χ2v) is 5.82. The Morgan fingerprint density at radius 1 is 1.29 bits per heavy atom. The molecule has 0 saturated heterocycles. The number of aromatic nitrogens is 1. The molecule has 106 valence electrons. The highest BCUT2D eigenvalue weighted by Gasteiger charge is 2.08. The molecule has 0 unspecified atom stereocenters. The fourth-order valence-electron chi connectivity index (χ4n) is 2.14. The van der Waals surface area contributed by atoms with E-state index in [1.807, 2.05) is 18.2 Å². The fourth-order valence-corrected chi connectivity index (χ4v) is 2.81. The van der Waals surface area contributed by atoms with Crippen molar-refractivity contribution in [3.05, 3.63) is 53.9 Å². The van der Waals surface area contributed by atoms with Crippen LogP contribution in [-0.4, -0.2) is 10.8 Å². The van der Waals surface area contributed by atoms with E-state index in [4.69, 9.17) is 5.73 Å². The molecule has 0 aliphatic carbocycles. The van der Waals surface area contributed by atoms with Gasteiger partial charge in [0.15, 0.2) is 0 Å². The van der Waals surface area contributed by atoms with E-state index in [1.54, 1.807) is 12.4 Å². The number of rotatable bonds is 3. The van der Waals surface area contributed by atoms with Gasteiger partial charge in [-0.1, -0.05) is 17.7 Å². The predicted octanol–water partition coefficient (Wildman–Crippen LogP) is 4.00. The van der Waals surface area contributed by atoms with Crippen LogP contribution in [0, 0.1) is 0 Å². The molecular weight excluding hydrogens is 280 g/mol. The lowest BCUT2D eigenvalue weighted by atomic mass is 10.1. The molecule has 0 fully saturated rings. The highest BCUT2D eigenvalue weighted by atomic mass is 32.2. The average molecular weight is 296 g/mol. The summed E-state index contributed by atoms with van der Waals surface area (Å²) in [4.78, 5) is 9.66. The number of amidine groups is 1. The van der Waals surface area contributed by atoms with Gasteiger partial charge in [-0.05, 0) is 43.1 Å². The van der Waals surface area contributed by atoms with Crippen molar-refractivity contribution in [3.8, 4) is 0 Å². The minimum absolute atomic E-state index is 0.657. The number of hydrogen-bond acceptors (Lipinski definition) is 5. The number of hydrogen-bond donors (Lipinski definition) is 2. The van der Waals surface area contributed by atoms with E-state index in [1.165, 1.54) is 17.5 Å².